The number of carbonyl (C=O) groups excluding carboxylic acids is 1. The molecule has 60 valence electrons. The molecule has 2 unspecified atom stereocenters. The zero-order chi connectivity index (χ0) is 7.84. The van der Waals surface area contributed by atoms with Crippen LogP contribution in [0.2, 0.25) is 0 Å². The van der Waals surface area contributed by atoms with E-state index in [2.05, 4.69) is 4.90 Å². The Hall–Kier alpha value is -0.340. The summed E-state index contributed by atoms with van der Waals surface area (Å²) in [4.78, 5) is 13.1. The van der Waals surface area contributed by atoms with E-state index in [1.165, 1.54) is 6.42 Å². The molecule has 0 amide bonds. The molecule has 2 bridgehead atoms. The van der Waals surface area contributed by atoms with Gasteiger partial charge in [0.2, 0.25) is 5.24 Å². The Bertz CT molecular complexity index is 224. The maximum absolute atomic E-state index is 10.8. The van der Waals surface area contributed by atoms with Gasteiger partial charge >= 0.3 is 0 Å². The molecule has 0 radical (unpaired) electrons. The Morgan fingerprint density at radius 1 is 1.73 bits per heavy atom. The number of hydrogen-bond acceptors (Lipinski definition) is 2. The SMILES string of the molecule is O=C(Cl)C1=CC2CCN(C1)C2. The molecule has 0 saturated carbocycles. The van der Waals surface area contributed by atoms with Gasteiger partial charge in [0.15, 0.2) is 0 Å². The molecule has 1 saturated heterocycles. The lowest BCUT2D eigenvalue weighted by atomic mass is 10.0. The number of fused-ring (bicyclic) bond motifs is 2. The van der Waals surface area contributed by atoms with Crippen molar-refractivity contribution in [3.8, 4) is 0 Å². The molecular weight excluding hydrogens is 162 g/mol. The summed E-state index contributed by atoms with van der Waals surface area (Å²) in [6, 6.07) is 0. The van der Waals surface area contributed by atoms with Crippen LogP contribution >= 0.6 is 11.6 Å². The van der Waals surface area contributed by atoms with Crippen molar-refractivity contribution in [1.29, 1.82) is 0 Å². The second-order valence-electron chi connectivity index (χ2n) is 3.25. The van der Waals surface area contributed by atoms with Crippen LogP contribution < -0.4 is 0 Å². The molecule has 2 aliphatic heterocycles. The predicted molar refractivity (Wildman–Crippen MR) is 43.5 cm³/mol. The van der Waals surface area contributed by atoms with Crippen molar-refractivity contribution >= 4 is 16.8 Å². The lowest BCUT2D eigenvalue weighted by Crippen LogP contribution is -2.28. The van der Waals surface area contributed by atoms with Crippen LogP contribution in [-0.2, 0) is 4.79 Å². The van der Waals surface area contributed by atoms with E-state index in [4.69, 9.17) is 11.6 Å². The van der Waals surface area contributed by atoms with E-state index in [0.717, 1.165) is 25.2 Å². The van der Waals surface area contributed by atoms with E-state index in [1.807, 2.05) is 6.08 Å². The summed E-state index contributed by atoms with van der Waals surface area (Å²) < 4.78 is 0. The van der Waals surface area contributed by atoms with E-state index in [9.17, 15) is 4.79 Å². The van der Waals surface area contributed by atoms with Gasteiger partial charge in [0, 0.05) is 18.7 Å². The number of nitrogens with zero attached hydrogens (tertiary/aromatic N) is 1. The fourth-order valence-electron chi connectivity index (χ4n) is 1.85. The molecule has 1 fully saturated rings. The minimum absolute atomic E-state index is 0.276. The van der Waals surface area contributed by atoms with Gasteiger partial charge in [0.25, 0.3) is 0 Å². The van der Waals surface area contributed by atoms with Crippen LogP contribution in [0.15, 0.2) is 11.6 Å². The van der Waals surface area contributed by atoms with Crippen LogP contribution in [0, 0.1) is 5.92 Å². The quantitative estimate of drug-likeness (QED) is 0.549. The standard InChI is InChI=1S/C8H10ClNO/c9-8(11)7-3-6-1-2-10(4-6)5-7/h3,6H,1-2,4-5H2. The molecule has 2 aliphatic rings. The highest BCUT2D eigenvalue weighted by Crippen LogP contribution is 2.25. The zero-order valence-electron chi connectivity index (χ0n) is 6.22. The van der Waals surface area contributed by atoms with Crippen LogP contribution in [0.5, 0.6) is 0 Å². The van der Waals surface area contributed by atoms with E-state index in [-0.39, 0.29) is 5.24 Å². The highest BCUT2D eigenvalue weighted by molar-refractivity contribution is 6.67. The molecule has 3 heteroatoms. The average molecular weight is 172 g/mol. The first-order chi connectivity index (χ1) is 5.25. The third kappa shape index (κ3) is 1.33. The minimum Gasteiger partial charge on any atom is -0.298 e. The Morgan fingerprint density at radius 2 is 2.55 bits per heavy atom. The summed E-state index contributed by atoms with van der Waals surface area (Å²) in [6.07, 6.45) is 3.23. The third-order valence-corrected chi connectivity index (χ3v) is 2.63. The number of carbonyl (C=O) groups is 1. The first-order valence-electron chi connectivity index (χ1n) is 3.88. The van der Waals surface area contributed by atoms with Gasteiger partial charge < -0.3 is 0 Å². The molecule has 0 aromatic rings. The van der Waals surface area contributed by atoms with Gasteiger partial charge in [0.05, 0.1) is 0 Å². The lowest BCUT2D eigenvalue weighted by Gasteiger charge is -2.20. The maximum atomic E-state index is 10.8. The molecule has 11 heavy (non-hydrogen) atoms. The molecule has 0 aromatic heterocycles. The van der Waals surface area contributed by atoms with Crippen molar-refractivity contribution in [3.63, 3.8) is 0 Å². The van der Waals surface area contributed by atoms with E-state index in [1.54, 1.807) is 0 Å². The highest BCUT2D eigenvalue weighted by Gasteiger charge is 2.28. The topological polar surface area (TPSA) is 20.3 Å². The summed E-state index contributed by atoms with van der Waals surface area (Å²) >= 11 is 5.38. The van der Waals surface area contributed by atoms with Crippen molar-refractivity contribution in [2.75, 3.05) is 19.6 Å². The van der Waals surface area contributed by atoms with E-state index in [0.29, 0.717) is 5.92 Å². The van der Waals surface area contributed by atoms with Crippen molar-refractivity contribution in [2.45, 2.75) is 6.42 Å². The maximum Gasteiger partial charge on any atom is 0.249 e. The Morgan fingerprint density at radius 3 is 3.18 bits per heavy atom. The molecule has 2 atom stereocenters. The predicted octanol–water partition coefficient (Wildman–Crippen LogP) is 1.01. The van der Waals surface area contributed by atoms with Gasteiger partial charge in [-0.15, -0.1) is 0 Å². The van der Waals surface area contributed by atoms with Crippen LogP contribution in [0.25, 0.3) is 0 Å². The molecule has 0 N–H and O–H groups in total. The highest BCUT2D eigenvalue weighted by atomic mass is 35.5. The second kappa shape index (κ2) is 2.61. The number of halogens is 1. The number of rotatable bonds is 1. The lowest BCUT2D eigenvalue weighted by molar-refractivity contribution is -0.108. The van der Waals surface area contributed by atoms with Gasteiger partial charge in [-0.05, 0) is 30.5 Å². The number of hydrogen-bond donors (Lipinski definition) is 0. The summed E-state index contributed by atoms with van der Waals surface area (Å²) in [5, 5.41) is -0.276. The summed E-state index contributed by atoms with van der Waals surface area (Å²) in [7, 11) is 0. The van der Waals surface area contributed by atoms with Gasteiger partial charge in [-0.2, -0.15) is 0 Å². The zero-order valence-corrected chi connectivity index (χ0v) is 6.97. The van der Waals surface area contributed by atoms with Crippen LogP contribution in [-0.4, -0.2) is 29.8 Å². The van der Waals surface area contributed by atoms with Crippen molar-refractivity contribution < 1.29 is 4.79 Å². The van der Waals surface area contributed by atoms with Gasteiger partial charge in [-0.3, -0.25) is 9.69 Å². The van der Waals surface area contributed by atoms with Crippen LogP contribution in [0.3, 0.4) is 0 Å². The Balaban J connectivity index is 2.19. The van der Waals surface area contributed by atoms with Gasteiger partial charge in [-0.25, -0.2) is 0 Å². The van der Waals surface area contributed by atoms with Crippen molar-refractivity contribution in [2.24, 2.45) is 5.92 Å². The summed E-state index contributed by atoms with van der Waals surface area (Å²) in [5.41, 5.74) is 0.792. The molecule has 2 nitrogen and oxygen atoms in total. The molecule has 0 spiro atoms. The molecule has 0 aromatic carbocycles. The second-order valence-corrected chi connectivity index (χ2v) is 3.59. The fraction of sp³-hybridized carbons (Fsp3) is 0.625. The fourth-order valence-corrected chi connectivity index (χ4v) is 1.97. The molecular formula is C8H10ClNO. The molecule has 0 aliphatic carbocycles. The molecule has 2 heterocycles. The first kappa shape index (κ1) is 7.32. The third-order valence-electron chi connectivity index (χ3n) is 2.39. The summed E-state index contributed by atoms with van der Waals surface area (Å²) in [5.74, 6) is 0.585. The Kier molecular flexibility index (Phi) is 1.74. The normalized spacial score (nSPS) is 35.2. The van der Waals surface area contributed by atoms with Gasteiger partial charge in [0.1, 0.15) is 0 Å². The molecule has 2 rings (SSSR count). The van der Waals surface area contributed by atoms with Crippen LogP contribution in [0.1, 0.15) is 6.42 Å². The Labute approximate surface area is 70.8 Å². The smallest absolute Gasteiger partial charge is 0.249 e. The first-order valence-corrected chi connectivity index (χ1v) is 4.26. The minimum atomic E-state index is -0.276. The monoisotopic (exact) mass is 171 g/mol. The van der Waals surface area contributed by atoms with Crippen molar-refractivity contribution in [3.05, 3.63) is 11.6 Å². The van der Waals surface area contributed by atoms with E-state index >= 15 is 0 Å². The van der Waals surface area contributed by atoms with Gasteiger partial charge in [-0.1, -0.05) is 6.08 Å². The van der Waals surface area contributed by atoms with Crippen LogP contribution in [0.4, 0.5) is 0 Å². The average Bonchev–Trinajstić information content (AvgIpc) is 2.30. The summed E-state index contributed by atoms with van der Waals surface area (Å²) in [6.45, 7) is 3.00. The van der Waals surface area contributed by atoms with E-state index < -0.39 is 0 Å². The van der Waals surface area contributed by atoms with Crippen molar-refractivity contribution in [1.82, 2.24) is 4.90 Å². The largest absolute Gasteiger partial charge is 0.298 e.